The Labute approximate surface area is 202 Å². The van der Waals surface area contributed by atoms with Crippen molar-refractivity contribution in [2.24, 2.45) is 0 Å². The van der Waals surface area contributed by atoms with Gasteiger partial charge in [0.1, 0.15) is 0 Å². The van der Waals surface area contributed by atoms with Crippen molar-refractivity contribution in [1.82, 2.24) is 9.97 Å². The van der Waals surface area contributed by atoms with Gasteiger partial charge in [0.2, 0.25) is 0 Å². The van der Waals surface area contributed by atoms with E-state index < -0.39 is 0 Å². The van der Waals surface area contributed by atoms with Crippen LogP contribution in [0, 0.1) is 0 Å². The third-order valence-electron chi connectivity index (χ3n) is 5.66. The average Bonchev–Trinajstić information content (AvgIpc) is 3.15. The molecule has 33 heavy (non-hydrogen) atoms. The minimum atomic E-state index is -0.157. The number of nitrogens with one attached hydrogen (secondary N) is 1. The van der Waals surface area contributed by atoms with Crippen LogP contribution in [-0.4, -0.2) is 28.2 Å². The molecule has 5 nitrogen and oxygen atoms in total. The lowest BCUT2D eigenvalue weighted by atomic mass is 10.1. The monoisotopic (exact) mass is 474 g/mol. The summed E-state index contributed by atoms with van der Waals surface area (Å²) in [6.45, 7) is 1.04. The van der Waals surface area contributed by atoms with Gasteiger partial charge in [-0.2, -0.15) is 0 Å². The van der Waals surface area contributed by atoms with Gasteiger partial charge in [0.15, 0.2) is 0 Å². The van der Waals surface area contributed by atoms with Crippen molar-refractivity contribution < 1.29 is 4.79 Å². The quantitative estimate of drug-likeness (QED) is 0.328. The van der Waals surface area contributed by atoms with Gasteiger partial charge in [-0.3, -0.25) is 9.78 Å². The largest absolute Gasteiger partial charge is 0.322 e. The van der Waals surface area contributed by atoms with Crippen LogP contribution < -0.4 is 9.62 Å². The molecule has 166 valence electrons. The second-order valence-electron chi connectivity index (χ2n) is 7.96. The van der Waals surface area contributed by atoms with Crippen LogP contribution >= 0.6 is 23.5 Å². The minimum Gasteiger partial charge on any atom is -0.322 e. The molecule has 0 unspecified atom stereocenters. The molecule has 1 saturated heterocycles. The van der Waals surface area contributed by atoms with Gasteiger partial charge >= 0.3 is 0 Å². The predicted molar refractivity (Wildman–Crippen MR) is 138 cm³/mol. The van der Waals surface area contributed by atoms with Crippen LogP contribution in [0.25, 0.3) is 22.2 Å². The summed E-state index contributed by atoms with van der Waals surface area (Å²) in [5, 5.41) is 4.53. The molecule has 1 aliphatic rings. The van der Waals surface area contributed by atoms with E-state index in [1.54, 1.807) is 24.5 Å². The van der Waals surface area contributed by atoms with Crippen LogP contribution in [0.1, 0.15) is 29.6 Å². The van der Waals surface area contributed by atoms with E-state index in [4.69, 9.17) is 16.6 Å². The first kappa shape index (κ1) is 21.7. The fourth-order valence-electron chi connectivity index (χ4n) is 3.87. The number of anilines is 2. The lowest BCUT2D eigenvalue weighted by Crippen LogP contribution is -2.15. The maximum Gasteiger partial charge on any atom is 0.255 e. The Morgan fingerprint density at radius 2 is 1.88 bits per heavy atom. The normalized spacial score (nSPS) is 14.2. The zero-order valence-electron chi connectivity index (χ0n) is 18.0. The number of carbonyl (C=O) groups excluding carboxylic acids is 1. The van der Waals surface area contributed by atoms with Crippen LogP contribution in [0.15, 0.2) is 73.1 Å². The van der Waals surface area contributed by atoms with Crippen molar-refractivity contribution in [2.75, 3.05) is 21.9 Å². The average molecular weight is 475 g/mol. The van der Waals surface area contributed by atoms with Gasteiger partial charge < -0.3 is 9.62 Å². The van der Waals surface area contributed by atoms with Crippen molar-refractivity contribution in [3.05, 3.63) is 83.6 Å². The molecule has 1 N–H and O–H groups in total. The van der Waals surface area contributed by atoms with Crippen molar-refractivity contribution in [3.63, 3.8) is 0 Å². The van der Waals surface area contributed by atoms with Crippen LogP contribution in [0.2, 0.25) is 5.02 Å². The Hall–Kier alpha value is -3.09. The smallest absolute Gasteiger partial charge is 0.255 e. The van der Waals surface area contributed by atoms with Gasteiger partial charge in [-0.25, -0.2) is 4.98 Å². The highest BCUT2D eigenvalue weighted by Gasteiger charge is 2.13. The molecule has 2 aromatic heterocycles. The molecular weight excluding hydrogens is 452 g/mol. The maximum absolute atomic E-state index is 12.9. The number of pyridine rings is 2. The Bertz CT molecular complexity index is 1290. The van der Waals surface area contributed by atoms with E-state index in [-0.39, 0.29) is 5.91 Å². The van der Waals surface area contributed by atoms with Crippen LogP contribution in [0.4, 0.5) is 11.4 Å². The molecule has 0 saturated carbocycles. The van der Waals surface area contributed by atoms with Gasteiger partial charge in [-0.15, -0.1) is 0 Å². The Kier molecular flexibility index (Phi) is 6.46. The number of fused-ring (bicyclic) bond motifs is 1. The lowest BCUT2D eigenvalue weighted by Gasteiger charge is -2.21. The summed E-state index contributed by atoms with van der Waals surface area (Å²) in [7, 11) is 0. The third kappa shape index (κ3) is 4.97. The molecule has 7 heteroatoms. The molecule has 4 aromatic rings. The number of amides is 1. The van der Waals surface area contributed by atoms with Crippen LogP contribution in [0.3, 0.4) is 0 Å². The first-order valence-corrected chi connectivity index (χ1v) is 12.3. The van der Waals surface area contributed by atoms with Crippen molar-refractivity contribution in [1.29, 1.82) is 0 Å². The van der Waals surface area contributed by atoms with Crippen molar-refractivity contribution >= 4 is 51.7 Å². The lowest BCUT2D eigenvalue weighted by molar-refractivity contribution is 0.102. The van der Waals surface area contributed by atoms with E-state index in [0.717, 1.165) is 40.1 Å². The molecule has 5 rings (SSSR count). The maximum atomic E-state index is 12.9. The number of halogens is 1. The summed E-state index contributed by atoms with van der Waals surface area (Å²) >= 11 is 8.33. The number of carbonyl (C=O) groups is 1. The SMILES string of the molecule is O=C(Nc1ccc(Cl)c(-c2ccc3cnccc3n2)c1)c1ccc(N2CCCCCS2)cc1. The fraction of sp³-hybridized carbons (Fsp3) is 0.192. The predicted octanol–water partition coefficient (Wildman–Crippen LogP) is 6.84. The van der Waals surface area contributed by atoms with E-state index in [1.807, 2.05) is 60.5 Å². The molecule has 0 bridgehead atoms. The number of hydrogen-bond donors (Lipinski definition) is 1. The molecule has 3 heterocycles. The summed E-state index contributed by atoms with van der Waals surface area (Å²) in [5.41, 5.74) is 4.78. The first-order valence-electron chi connectivity index (χ1n) is 11.0. The van der Waals surface area contributed by atoms with E-state index >= 15 is 0 Å². The van der Waals surface area contributed by atoms with E-state index in [9.17, 15) is 4.79 Å². The summed E-state index contributed by atoms with van der Waals surface area (Å²) in [6.07, 6.45) is 7.24. The minimum absolute atomic E-state index is 0.157. The standard InChI is InChI=1S/C26H23ClN4OS/c27-23-10-7-20(16-22(23)25-11-6-19-17-28-13-12-24(19)30-25)29-26(32)18-4-8-21(9-5-18)31-14-2-1-3-15-33-31/h4-13,16-17H,1-3,14-15H2,(H,29,32). The molecule has 0 aliphatic carbocycles. The summed E-state index contributed by atoms with van der Waals surface area (Å²) in [4.78, 5) is 21.7. The summed E-state index contributed by atoms with van der Waals surface area (Å²) < 4.78 is 2.33. The van der Waals surface area contributed by atoms with Crippen molar-refractivity contribution in [3.8, 4) is 11.3 Å². The number of rotatable bonds is 4. The Balaban J connectivity index is 1.34. The molecule has 0 atom stereocenters. The van der Waals surface area contributed by atoms with Gasteiger partial charge in [0.05, 0.1) is 16.2 Å². The number of benzene rings is 2. The van der Waals surface area contributed by atoms with Crippen molar-refractivity contribution in [2.45, 2.75) is 19.3 Å². The molecule has 1 aliphatic heterocycles. The van der Waals surface area contributed by atoms with Crippen LogP contribution in [-0.2, 0) is 0 Å². The molecule has 1 amide bonds. The summed E-state index contributed by atoms with van der Waals surface area (Å²) in [5.74, 6) is 0.986. The van der Waals surface area contributed by atoms with Gasteiger partial charge in [0.25, 0.3) is 5.91 Å². The Morgan fingerprint density at radius 1 is 1.00 bits per heavy atom. The number of nitrogens with zero attached hydrogens (tertiary/aromatic N) is 3. The highest BCUT2D eigenvalue weighted by atomic mass is 35.5. The zero-order valence-corrected chi connectivity index (χ0v) is 19.6. The van der Waals surface area contributed by atoms with E-state index in [1.165, 1.54) is 19.3 Å². The highest BCUT2D eigenvalue weighted by molar-refractivity contribution is 8.00. The zero-order chi connectivity index (χ0) is 22.6. The molecule has 0 spiro atoms. The summed E-state index contributed by atoms with van der Waals surface area (Å²) in [6, 6.07) is 19.0. The second-order valence-corrected chi connectivity index (χ2v) is 9.47. The van der Waals surface area contributed by atoms with Gasteiger partial charge in [-0.05, 0) is 85.5 Å². The van der Waals surface area contributed by atoms with E-state index in [2.05, 4.69) is 14.6 Å². The fourth-order valence-corrected chi connectivity index (χ4v) is 5.17. The first-order chi connectivity index (χ1) is 16.2. The van der Waals surface area contributed by atoms with Gasteiger partial charge in [0, 0.05) is 52.6 Å². The highest BCUT2D eigenvalue weighted by Crippen LogP contribution is 2.31. The van der Waals surface area contributed by atoms with Gasteiger partial charge in [-0.1, -0.05) is 18.0 Å². The second kappa shape index (κ2) is 9.81. The topological polar surface area (TPSA) is 58.1 Å². The molecular formula is C26H23ClN4OS. The molecule has 0 radical (unpaired) electrons. The molecule has 2 aromatic carbocycles. The Morgan fingerprint density at radius 3 is 2.76 bits per heavy atom. The van der Waals surface area contributed by atoms with Crippen LogP contribution in [0.5, 0.6) is 0 Å². The van der Waals surface area contributed by atoms with E-state index in [0.29, 0.717) is 16.3 Å². The molecule has 1 fully saturated rings. The third-order valence-corrected chi connectivity index (χ3v) is 7.17. The number of aromatic nitrogens is 2. The number of hydrogen-bond acceptors (Lipinski definition) is 5.